The zero-order chi connectivity index (χ0) is 21.5. The number of ether oxygens (including phenoxy) is 3. The third kappa shape index (κ3) is 9.11. The number of hydrogen-bond acceptors (Lipinski definition) is 3. The van der Waals surface area contributed by atoms with Crippen LogP contribution in [0.5, 0.6) is 0 Å². The lowest BCUT2D eigenvalue weighted by molar-refractivity contribution is -0.176. The Kier molecular flexibility index (Phi) is 10.3. The van der Waals surface area contributed by atoms with Gasteiger partial charge in [0.1, 0.15) is 0 Å². The highest BCUT2D eigenvalue weighted by atomic mass is 16.5. The Labute approximate surface area is 170 Å². The van der Waals surface area contributed by atoms with Crippen LogP contribution in [0.2, 0.25) is 0 Å². The van der Waals surface area contributed by atoms with Crippen LogP contribution in [-0.4, -0.2) is 37.1 Å². The molecular weight excluding hydrogens is 336 g/mol. The van der Waals surface area contributed by atoms with Crippen LogP contribution in [0.25, 0.3) is 0 Å². The molecule has 0 saturated heterocycles. The fourth-order valence-electron chi connectivity index (χ4n) is 2.57. The first-order chi connectivity index (χ1) is 12.1. The van der Waals surface area contributed by atoms with Crippen molar-refractivity contribution < 1.29 is 14.2 Å². The minimum absolute atomic E-state index is 0.00199. The summed E-state index contributed by atoms with van der Waals surface area (Å²) in [5, 5.41) is 0. The van der Waals surface area contributed by atoms with E-state index in [0.29, 0.717) is 19.1 Å². The third-order valence-corrected chi connectivity index (χ3v) is 6.33. The van der Waals surface area contributed by atoms with Crippen molar-refractivity contribution in [3.8, 4) is 0 Å². The average Bonchev–Trinajstić information content (AvgIpc) is 2.44. The fraction of sp³-hybridized carbons (Fsp3) is 0.917. The monoisotopic (exact) mass is 384 g/mol. The van der Waals surface area contributed by atoms with Crippen LogP contribution in [0.4, 0.5) is 0 Å². The van der Waals surface area contributed by atoms with E-state index >= 15 is 0 Å². The SMILES string of the molecule is C=CCOCC(CC(C)(C)C(C)(C)OCCC(C)C)OC(C)(C)C(C)(C)C. The first-order valence-electron chi connectivity index (χ1n) is 10.6. The van der Waals surface area contributed by atoms with Gasteiger partial charge in [-0.2, -0.15) is 0 Å². The molecule has 1 atom stereocenters. The van der Waals surface area contributed by atoms with E-state index in [0.717, 1.165) is 19.4 Å². The van der Waals surface area contributed by atoms with E-state index in [1.165, 1.54) is 0 Å². The van der Waals surface area contributed by atoms with E-state index in [2.05, 4.69) is 82.7 Å². The summed E-state index contributed by atoms with van der Waals surface area (Å²) < 4.78 is 18.7. The molecule has 0 aliphatic heterocycles. The van der Waals surface area contributed by atoms with Crippen molar-refractivity contribution in [1.29, 1.82) is 0 Å². The van der Waals surface area contributed by atoms with E-state index < -0.39 is 0 Å². The predicted octanol–water partition coefficient (Wildman–Crippen LogP) is 6.66. The summed E-state index contributed by atoms with van der Waals surface area (Å²) in [5.41, 5.74) is -0.515. The van der Waals surface area contributed by atoms with Crippen molar-refractivity contribution in [3.63, 3.8) is 0 Å². The summed E-state index contributed by atoms with van der Waals surface area (Å²) in [5.74, 6) is 0.653. The van der Waals surface area contributed by atoms with Gasteiger partial charge in [0.15, 0.2) is 0 Å². The third-order valence-electron chi connectivity index (χ3n) is 6.33. The molecule has 3 nitrogen and oxygen atoms in total. The minimum atomic E-state index is -0.256. The predicted molar refractivity (Wildman–Crippen MR) is 117 cm³/mol. The van der Waals surface area contributed by atoms with E-state index in [-0.39, 0.29) is 28.1 Å². The van der Waals surface area contributed by atoms with Crippen molar-refractivity contribution in [2.24, 2.45) is 16.7 Å². The van der Waals surface area contributed by atoms with E-state index in [1.807, 2.05) is 0 Å². The molecule has 0 aliphatic carbocycles. The van der Waals surface area contributed by atoms with Gasteiger partial charge >= 0.3 is 0 Å². The van der Waals surface area contributed by atoms with E-state index in [9.17, 15) is 0 Å². The smallest absolute Gasteiger partial charge is 0.0822 e. The van der Waals surface area contributed by atoms with Gasteiger partial charge in [-0.25, -0.2) is 0 Å². The van der Waals surface area contributed by atoms with Crippen molar-refractivity contribution in [2.75, 3.05) is 19.8 Å². The molecule has 1 unspecified atom stereocenters. The molecule has 162 valence electrons. The van der Waals surface area contributed by atoms with Gasteiger partial charge in [-0.1, -0.05) is 54.5 Å². The Hall–Kier alpha value is -0.380. The highest BCUT2D eigenvalue weighted by Gasteiger charge is 2.42. The van der Waals surface area contributed by atoms with Crippen LogP contribution in [0.1, 0.15) is 89.0 Å². The zero-order valence-electron chi connectivity index (χ0n) is 20.2. The van der Waals surface area contributed by atoms with Gasteiger partial charge in [0.25, 0.3) is 0 Å². The van der Waals surface area contributed by atoms with Crippen LogP contribution in [0, 0.1) is 16.7 Å². The molecule has 0 aromatic carbocycles. The first-order valence-corrected chi connectivity index (χ1v) is 10.6. The summed E-state index contributed by atoms with van der Waals surface area (Å²) in [4.78, 5) is 0. The van der Waals surface area contributed by atoms with Crippen LogP contribution in [0.3, 0.4) is 0 Å². The highest BCUT2D eigenvalue weighted by Crippen LogP contribution is 2.41. The molecule has 0 saturated carbocycles. The summed E-state index contributed by atoms with van der Waals surface area (Å²) in [6, 6.07) is 0. The molecule has 0 heterocycles. The first kappa shape index (κ1) is 26.6. The van der Waals surface area contributed by atoms with Crippen LogP contribution in [0.15, 0.2) is 12.7 Å². The zero-order valence-corrected chi connectivity index (χ0v) is 20.2. The second kappa shape index (κ2) is 10.4. The van der Waals surface area contributed by atoms with Crippen molar-refractivity contribution >= 4 is 0 Å². The molecule has 0 aromatic rings. The van der Waals surface area contributed by atoms with E-state index in [1.54, 1.807) is 6.08 Å². The number of hydrogen-bond donors (Lipinski definition) is 0. The highest BCUT2D eigenvalue weighted by molar-refractivity contribution is 4.92. The lowest BCUT2D eigenvalue weighted by Crippen LogP contribution is -2.48. The second-order valence-electron chi connectivity index (χ2n) is 11.0. The van der Waals surface area contributed by atoms with Crippen LogP contribution in [-0.2, 0) is 14.2 Å². The van der Waals surface area contributed by atoms with E-state index in [4.69, 9.17) is 14.2 Å². The Bertz CT molecular complexity index is 427. The van der Waals surface area contributed by atoms with Gasteiger partial charge in [-0.3, -0.25) is 0 Å². The minimum Gasteiger partial charge on any atom is -0.375 e. The molecule has 0 rings (SSSR count). The molecule has 0 fully saturated rings. The molecule has 0 aromatic heterocycles. The normalized spacial score (nSPS) is 15.3. The van der Waals surface area contributed by atoms with Gasteiger partial charge in [-0.05, 0) is 57.3 Å². The molecule has 0 spiro atoms. The van der Waals surface area contributed by atoms with Crippen LogP contribution < -0.4 is 0 Å². The molecular formula is C24H48O3. The van der Waals surface area contributed by atoms with Crippen LogP contribution >= 0.6 is 0 Å². The second-order valence-corrected chi connectivity index (χ2v) is 11.0. The Morgan fingerprint density at radius 3 is 1.89 bits per heavy atom. The maximum Gasteiger partial charge on any atom is 0.0822 e. The molecule has 3 heteroatoms. The molecule has 0 bridgehead atoms. The van der Waals surface area contributed by atoms with Gasteiger partial charge in [0.2, 0.25) is 0 Å². The Balaban J connectivity index is 5.22. The molecule has 0 aliphatic rings. The summed E-state index contributed by atoms with van der Waals surface area (Å²) in [7, 11) is 0. The average molecular weight is 385 g/mol. The summed E-state index contributed by atoms with van der Waals surface area (Å²) >= 11 is 0. The molecule has 0 amide bonds. The summed E-state index contributed by atoms with van der Waals surface area (Å²) in [6.07, 6.45) is 3.75. The largest absolute Gasteiger partial charge is 0.375 e. The maximum absolute atomic E-state index is 6.61. The quantitative estimate of drug-likeness (QED) is 0.262. The van der Waals surface area contributed by atoms with Crippen molar-refractivity contribution in [1.82, 2.24) is 0 Å². The Morgan fingerprint density at radius 2 is 1.44 bits per heavy atom. The van der Waals surface area contributed by atoms with Gasteiger partial charge in [0, 0.05) is 6.61 Å². The fourth-order valence-corrected chi connectivity index (χ4v) is 2.57. The Morgan fingerprint density at radius 1 is 0.889 bits per heavy atom. The molecule has 0 N–H and O–H groups in total. The topological polar surface area (TPSA) is 27.7 Å². The summed E-state index contributed by atoms with van der Waals surface area (Å²) in [6.45, 7) is 30.1. The van der Waals surface area contributed by atoms with Crippen molar-refractivity contribution in [3.05, 3.63) is 12.7 Å². The van der Waals surface area contributed by atoms with Gasteiger partial charge in [0.05, 0.1) is 30.5 Å². The van der Waals surface area contributed by atoms with Gasteiger partial charge < -0.3 is 14.2 Å². The maximum atomic E-state index is 6.61. The molecule has 0 radical (unpaired) electrons. The lowest BCUT2D eigenvalue weighted by atomic mass is 9.72. The standard InChI is InChI=1S/C24H48O3/c1-13-15-25-18-20(27-23(9,10)21(4,5)6)17-22(7,8)24(11,12)26-16-14-19(2)3/h13,19-20H,1,14-18H2,2-12H3. The van der Waals surface area contributed by atoms with Gasteiger partial charge in [-0.15, -0.1) is 6.58 Å². The molecule has 27 heavy (non-hydrogen) atoms. The lowest BCUT2D eigenvalue weighted by Gasteiger charge is -2.46. The number of rotatable bonds is 13. The van der Waals surface area contributed by atoms with Crippen molar-refractivity contribution in [2.45, 2.75) is 106 Å².